The van der Waals surface area contributed by atoms with Gasteiger partial charge in [-0.2, -0.15) is 0 Å². The number of likely N-dealkylation sites (tertiary alicyclic amines) is 1. The number of aliphatic hydroxyl groups excluding tert-OH is 1. The van der Waals surface area contributed by atoms with Crippen molar-refractivity contribution in [2.45, 2.75) is 31.8 Å². The van der Waals surface area contributed by atoms with E-state index in [4.69, 9.17) is 0 Å². The topological polar surface area (TPSA) is 23.5 Å². The Labute approximate surface area is 97.9 Å². The molecule has 1 aromatic carbocycles. The number of benzene rings is 1. The molecule has 1 unspecified atom stereocenters. The molecule has 0 radical (unpaired) electrons. The van der Waals surface area contributed by atoms with E-state index in [1.54, 1.807) is 0 Å². The van der Waals surface area contributed by atoms with Gasteiger partial charge in [-0.25, -0.2) is 0 Å². The summed E-state index contributed by atoms with van der Waals surface area (Å²) in [6.07, 6.45) is 4.91. The summed E-state index contributed by atoms with van der Waals surface area (Å²) < 4.78 is 0. The van der Waals surface area contributed by atoms with Crippen LogP contribution in [0.2, 0.25) is 0 Å². The number of nitrogens with zero attached hydrogens (tertiary/aromatic N) is 1. The van der Waals surface area contributed by atoms with Crippen LogP contribution in [0, 0.1) is 0 Å². The second-order valence-corrected chi connectivity index (χ2v) is 4.64. The second-order valence-electron chi connectivity index (χ2n) is 4.64. The summed E-state index contributed by atoms with van der Waals surface area (Å²) in [4.78, 5) is 2.39. The lowest BCUT2D eigenvalue weighted by molar-refractivity contribution is 0.115. The van der Waals surface area contributed by atoms with Crippen LogP contribution in [0.3, 0.4) is 0 Å². The monoisotopic (exact) mass is 219 g/mol. The van der Waals surface area contributed by atoms with Gasteiger partial charge in [0.15, 0.2) is 0 Å². The molecular weight excluding hydrogens is 198 g/mol. The summed E-state index contributed by atoms with van der Waals surface area (Å²) in [5.74, 6) is 0. The van der Waals surface area contributed by atoms with E-state index < -0.39 is 0 Å². The Morgan fingerprint density at radius 2 is 1.62 bits per heavy atom. The zero-order valence-electron chi connectivity index (χ0n) is 9.81. The van der Waals surface area contributed by atoms with Crippen molar-refractivity contribution in [2.75, 3.05) is 19.6 Å². The summed E-state index contributed by atoms with van der Waals surface area (Å²) in [7, 11) is 0. The standard InChI is InChI=1S/C14H21NO/c16-14(13-8-4-3-5-9-13)12-15-10-6-1-2-7-11-15/h3-5,8-9,14,16H,1-2,6-7,10-12H2. The molecule has 1 fully saturated rings. The zero-order valence-corrected chi connectivity index (χ0v) is 9.81. The first-order valence-corrected chi connectivity index (χ1v) is 6.31. The highest BCUT2D eigenvalue weighted by Gasteiger charge is 2.14. The van der Waals surface area contributed by atoms with E-state index in [0.717, 1.165) is 25.2 Å². The SMILES string of the molecule is OC(CN1CCCCCC1)c1ccccc1. The van der Waals surface area contributed by atoms with Gasteiger partial charge in [-0.1, -0.05) is 43.2 Å². The van der Waals surface area contributed by atoms with E-state index in [1.165, 1.54) is 25.7 Å². The van der Waals surface area contributed by atoms with Crippen molar-refractivity contribution in [1.82, 2.24) is 4.90 Å². The minimum Gasteiger partial charge on any atom is -0.387 e. The van der Waals surface area contributed by atoms with Gasteiger partial charge in [-0.15, -0.1) is 0 Å². The molecule has 0 amide bonds. The van der Waals surface area contributed by atoms with Crippen LogP contribution in [0.15, 0.2) is 30.3 Å². The summed E-state index contributed by atoms with van der Waals surface area (Å²) in [6.45, 7) is 3.07. The quantitative estimate of drug-likeness (QED) is 0.844. The molecule has 88 valence electrons. The summed E-state index contributed by atoms with van der Waals surface area (Å²) >= 11 is 0. The smallest absolute Gasteiger partial charge is 0.0916 e. The number of hydrogen-bond acceptors (Lipinski definition) is 2. The van der Waals surface area contributed by atoms with Crippen LogP contribution in [0.1, 0.15) is 37.4 Å². The third kappa shape index (κ3) is 3.32. The lowest BCUT2D eigenvalue weighted by atomic mass is 10.1. The fourth-order valence-electron chi connectivity index (χ4n) is 2.34. The second kappa shape index (κ2) is 6.02. The molecule has 0 saturated carbocycles. The van der Waals surface area contributed by atoms with Crippen molar-refractivity contribution >= 4 is 0 Å². The molecule has 1 aliphatic rings. The van der Waals surface area contributed by atoms with Crippen LogP contribution in [0.25, 0.3) is 0 Å². The average molecular weight is 219 g/mol. The van der Waals surface area contributed by atoms with E-state index in [-0.39, 0.29) is 6.10 Å². The molecule has 1 aromatic rings. The van der Waals surface area contributed by atoms with Gasteiger partial charge < -0.3 is 10.0 Å². The van der Waals surface area contributed by atoms with E-state index in [2.05, 4.69) is 4.90 Å². The Hall–Kier alpha value is -0.860. The maximum atomic E-state index is 10.1. The molecule has 2 rings (SSSR count). The molecule has 0 aromatic heterocycles. The van der Waals surface area contributed by atoms with Gasteiger partial charge in [0.05, 0.1) is 6.10 Å². The van der Waals surface area contributed by atoms with Crippen LogP contribution < -0.4 is 0 Å². The van der Waals surface area contributed by atoms with Crippen LogP contribution >= 0.6 is 0 Å². The van der Waals surface area contributed by atoms with Gasteiger partial charge in [0.2, 0.25) is 0 Å². The van der Waals surface area contributed by atoms with E-state index >= 15 is 0 Å². The lowest BCUT2D eigenvalue weighted by Crippen LogP contribution is -2.29. The molecule has 2 nitrogen and oxygen atoms in total. The van der Waals surface area contributed by atoms with Crippen molar-refractivity contribution in [3.05, 3.63) is 35.9 Å². The van der Waals surface area contributed by atoms with Gasteiger partial charge in [-0.3, -0.25) is 0 Å². The Morgan fingerprint density at radius 3 is 2.25 bits per heavy atom. The molecule has 16 heavy (non-hydrogen) atoms. The Kier molecular flexibility index (Phi) is 4.37. The van der Waals surface area contributed by atoms with Crippen LogP contribution in [-0.2, 0) is 0 Å². The number of hydrogen-bond donors (Lipinski definition) is 1. The van der Waals surface area contributed by atoms with Crippen molar-refractivity contribution in [2.24, 2.45) is 0 Å². The predicted octanol–water partition coefficient (Wildman–Crippen LogP) is 2.60. The summed E-state index contributed by atoms with van der Waals surface area (Å²) in [6, 6.07) is 9.97. The number of rotatable bonds is 3. The Bertz CT molecular complexity index is 291. The van der Waals surface area contributed by atoms with Crippen molar-refractivity contribution in [1.29, 1.82) is 0 Å². The third-order valence-electron chi connectivity index (χ3n) is 3.31. The highest BCUT2D eigenvalue weighted by Crippen LogP contribution is 2.16. The molecule has 0 spiro atoms. The molecule has 0 bridgehead atoms. The molecule has 1 heterocycles. The number of aliphatic hydroxyl groups is 1. The van der Waals surface area contributed by atoms with Gasteiger partial charge in [0, 0.05) is 6.54 Å². The van der Waals surface area contributed by atoms with Crippen molar-refractivity contribution in [3.63, 3.8) is 0 Å². The number of β-amino-alcohol motifs (C(OH)–C–C–N with tert-alkyl or cyclic N) is 1. The third-order valence-corrected chi connectivity index (χ3v) is 3.31. The molecule has 1 atom stereocenters. The van der Waals surface area contributed by atoms with Gasteiger partial charge in [-0.05, 0) is 31.5 Å². The molecule has 1 aliphatic heterocycles. The molecule has 1 saturated heterocycles. The summed E-state index contributed by atoms with van der Waals surface area (Å²) in [5.41, 5.74) is 1.03. The van der Waals surface area contributed by atoms with Crippen LogP contribution in [-0.4, -0.2) is 29.6 Å². The average Bonchev–Trinajstić information content (AvgIpc) is 2.59. The maximum absolute atomic E-state index is 10.1. The van der Waals surface area contributed by atoms with Crippen molar-refractivity contribution < 1.29 is 5.11 Å². The minimum atomic E-state index is -0.334. The Balaban J connectivity index is 1.88. The van der Waals surface area contributed by atoms with Crippen LogP contribution in [0.4, 0.5) is 0 Å². The summed E-state index contributed by atoms with van der Waals surface area (Å²) in [5, 5.41) is 10.1. The molecular formula is C14H21NO. The molecule has 2 heteroatoms. The largest absolute Gasteiger partial charge is 0.387 e. The first kappa shape index (κ1) is 11.6. The minimum absolute atomic E-state index is 0.334. The fourth-order valence-corrected chi connectivity index (χ4v) is 2.34. The highest BCUT2D eigenvalue weighted by molar-refractivity contribution is 5.17. The predicted molar refractivity (Wildman–Crippen MR) is 66.3 cm³/mol. The Morgan fingerprint density at radius 1 is 1.00 bits per heavy atom. The maximum Gasteiger partial charge on any atom is 0.0916 e. The van der Waals surface area contributed by atoms with E-state index in [1.807, 2.05) is 30.3 Å². The normalized spacial score (nSPS) is 20.3. The molecule has 0 aliphatic carbocycles. The fraction of sp³-hybridized carbons (Fsp3) is 0.571. The van der Waals surface area contributed by atoms with Gasteiger partial charge in [0.25, 0.3) is 0 Å². The first-order chi connectivity index (χ1) is 7.86. The van der Waals surface area contributed by atoms with Gasteiger partial charge in [0.1, 0.15) is 0 Å². The van der Waals surface area contributed by atoms with Crippen LogP contribution in [0.5, 0.6) is 0 Å². The van der Waals surface area contributed by atoms with E-state index in [0.29, 0.717) is 0 Å². The molecule has 1 N–H and O–H groups in total. The lowest BCUT2D eigenvalue weighted by Gasteiger charge is -2.23. The highest BCUT2D eigenvalue weighted by atomic mass is 16.3. The zero-order chi connectivity index (χ0) is 11.2. The van der Waals surface area contributed by atoms with Gasteiger partial charge >= 0.3 is 0 Å². The van der Waals surface area contributed by atoms with Crippen molar-refractivity contribution in [3.8, 4) is 0 Å². The first-order valence-electron chi connectivity index (χ1n) is 6.31. The van der Waals surface area contributed by atoms with E-state index in [9.17, 15) is 5.11 Å².